The molecule has 1 aromatic heterocycles. The van der Waals surface area contributed by atoms with Crippen LogP contribution in [-0.2, 0) is 6.42 Å². The van der Waals surface area contributed by atoms with Crippen molar-refractivity contribution in [1.82, 2.24) is 15.2 Å². The Balaban J connectivity index is 1.54. The number of hydrogen-bond acceptors (Lipinski definition) is 6. The van der Waals surface area contributed by atoms with E-state index in [4.69, 9.17) is 10.1 Å². The molecule has 1 aliphatic heterocycles. The lowest BCUT2D eigenvalue weighted by Crippen LogP contribution is -2.57. The maximum absolute atomic E-state index is 12.8. The number of anilines is 1. The second-order valence-electron chi connectivity index (χ2n) is 8.68. The summed E-state index contributed by atoms with van der Waals surface area (Å²) in [6, 6.07) is 15.4. The molecule has 0 saturated carbocycles. The van der Waals surface area contributed by atoms with Crippen LogP contribution in [0.3, 0.4) is 0 Å². The number of carbonyl (C=O) groups is 1. The van der Waals surface area contributed by atoms with Gasteiger partial charge in [-0.15, -0.1) is 0 Å². The molecule has 176 valence electrons. The van der Waals surface area contributed by atoms with E-state index in [2.05, 4.69) is 27.4 Å². The fourth-order valence-corrected chi connectivity index (χ4v) is 4.21. The van der Waals surface area contributed by atoms with Gasteiger partial charge < -0.3 is 25.7 Å². The number of hydrogen-bond donors (Lipinski definition) is 3. The maximum atomic E-state index is 12.8. The Bertz CT molecular complexity index is 1220. The van der Waals surface area contributed by atoms with Crippen molar-refractivity contribution in [3.8, 4) is 22.8 Å². The highest BCUT2D eigenvalue weighted by Crippen LogP contribution is 2.30. The Hall–Kier alpha value is -3.71. The summed E-state index contributed by atoms with van der Waals surface area (Å²) in [6.07, 6.45) is 2.47. The highest BCUT2D eigenvalue weighted by atomic mass is 16.5. The summed E-state index contributed by atoms with van der Waals surface area (Å²) in [5, 5.41) is 14.1. The van der Waals surface area contributed by atoms with Crippen LogP contribution in [-0.4, -0.2) is 54.7 Å². The number of nitrogens with one attached hydrogen (secondary N) is 3. The van der Waals surface area contributed by atoms with Gasteiger partial charge in [0.1, 0.15) is 11.5 Å². The van der Waals surface area contributed by atoms with E-state index in [1.807, 2.05) is 62.6 Å². The summed E-state index contributed by atoms with van der Waals surface area (Å²) in [6.45, 7) is 5.60. The summed E-state index contributed by atoms with van der Waals surface area (Å²) < 4.78 is 6.09. The third-order valence-electron chi connectivity index (χ3n) is 6.06. The molecule has 4 rings (SSSR count). The highest BCUT2D eigenvalue weighted by molar-refractivity contribution is 6.01. The fourth-order valence-electron chi connectivity index (χ4n) is 4.21. The van der Waals surface area contributed by atoms with Gasteiger partial charge in [-0.3, -0.25) is 9.78 Å². The summed E-state index contributed by atoms with van der Waals surface area (Å²) in [5.74, 6) is 1.32. The zero-order valence-electron chi connectivity index (χ0n) is 20.1. The molecule has 0 atom stereocenters. The predicted molar refractivity (Wildman–Crippen MR) is 136 cm³/mol. The zero-order chi connectivity index (χ0) is 24.2. The van der Waals surface area contributed by atoms with Crippen molar-refractivity contribution in [2.45, 2.75) is 26.3 Å². The van der Waals surface area contributed by atoms with Crippen LogP contribution in [0.15, 0.2) is 54.7 Å². The number of carbonyl (C=O) groups excluding carboxylic acids is 1. The van der Waals surface area contributed by atoms with E-state index in [0.29, 0.717) is 17.2 Å². The molecule has 0 radical (unpaired) electrons. The molecule has 2 heterocycles. The minimum Gasteiger partial charge on any atom is -0.457 e. The number of pyridine rings is 1. The van der Waals surface area contributed by atoms with Crippen molar-refractivity contribution in [1.29, 1.82) is 5.41 Å². The quantitative estimate of drug-likeness (QED) is 0.431. The van der Waals surface area contributed by atoms with Crippen molar-refractivity contribution in [2.75, 3.05) is 32.5 Å². The van der Waals surface area contributed by atoms with Gasteiger partial charge in [0.15, 0.2) is 0 Å². The van der Waals surface area contributed by atoms with Crippen LogP contribution in [0.5, 0.6) is 11.5 Å². The highest BCUT2D eigenvalue weighted by Gasteiger charge is 2.25. The molecule has 0 spiro atoms. The van der Waals surface area contributed by atoms with Crippen molar-refractivity contribution in [3.63, 3.8) is 0 Å². The summed E-state index contributed by atoms with van der Waals surface area (Å²) in [5.41, 5.74) is 5.60. The van der Waals surface area contributed by atoms with Gasteiger partial charge in [0.05, 0.1) is 11.7 Å². The van der Waals surface area contributed by atoms with E-state index in [9.17, 15) is 4.79 Å². The molecule has 1 amide bonds. The average molecular weight is 458 g/mol. The Labute approximate surface area is 200 Å². The van der Waals surface area contributed by atoms with Crippen molar-refractivity contribution in [3.05, 3.63) is 71.4 Å². The number of benzene rings is 2. The van der Waals surface area contributed by atoms with Gasteiger partial charge in [0, 0.05) is 66.6 Å². The molecule has 34 heavy (non-hydrogen) atoms. The maximum Gasteiger partial charge on any atom is 0.251 e. The topological polar surface area (TPSA) is 90.3 Å². The third-order valence-corrected chi connectivity index (χ3v) is 6.06. The zero-order valence-corrected chi connectivity index (χ0v) is 20.1. The number of aromatic nitrogens is 1. The minimum absolute atomic E-state index is 0.0181. The van der Waals surface area contributed by atoms with Crippen LogP contribution in [0.1, 0.15) is 35.3 Å². The number of aryl methyl sites for hydroxylation is 1. The van der Waals surface area contributed by atoms with Crippen LogP contribution in [0.25, 0.3) is 11.3 Å². The van der Waals surface area contributed by atoms with Gasteiger partial charge in [-0.1, -0.05) is 13.0 Å². The number of amides is 1. The van der Waals surface area contributed by atoms with Gasteiger partial charge in [0.2, 0.25) is 0 Å². The molecule has 0 unspecified atom stereocenters. The molecule has 1 fully saturated rings. The second kappa shape index (κ2) is 10.1. The van der Waals surface area contributed by atoms with Gasteiger partial charge in [-0.2, -0.15) is 0 Å². The largest absolute Gasteiger partial charge is 0.457 e. The molecule has 1 aliphatic rings. The number of nitrogens with zero attached hydrogens (tertiary/aromatic N) is 2. The van der Waals surface area contributed by atoms with Crippen molar-refractivity contribution in [2.24, 2.45) is 0 Å². The fraction of sp³-hybridized carbons (Fsp3) is 0.296. The second-order valence-corrected chi connectivity index (χ2v) is 8.68. The smallest absolute Gasteiger partial charge is 0.251 e. The molecule has 0 bridgehead atoms. The lowest BCUT2D eigenvalue weighted by atomic mass is 9.98. The number of likely N-dealkylation sites (N-methyl/N-ethyl adjacent to an activating group) is 1. The van der Waals surface area contributed by atoms with E-state index >= 15 is 0 Å². The minimum atomic E-state index is -0.0181. The molecular weight excluding hydrogens is 426 g/mol. The van der Waals surface area contributed by atoms with Gasteiger partial charge in [-0.25, -0.2) is 0 Å². The molecule has 1 saturated heterocycles. The summed E-state index contributed by atoms with van der Waals surface area (Å²) >= 11 is 0. The normalized spacial score (nSPS) is 13.8. The molecule has 3 N–H and O–H groups in total. The van der Waals surface area contributed by atoms with Crippen LogP contribution in [0.2, 0.25) is 0 Å². The number of rotatable bonds is 8. The van der Waals surface area contributed by atoms with Gasteiger partial charge in [-0.05, 0) is 56.3 Å². The predicted octanol–water partition coefficient (Wildman–Crippen LogP) is 4.58. The average Bonchev–Trinajstić information content (AvgIpc) is 2.82. The van der Waals surface area contributed by atoms with E-state index in [0.717, 1.165) is 53.1 Å². The van der Waals surface area contributed by atoms with Crippen LogP contribution < -0.4 is 15.4 Å². The first-order valence-corrected chi connectivity index (χ1v) is 11.5. The Morgan fingerprint density at radius 3 is 2.53 bits per heavy atom. The van der Waals surface area contributed by atoms with E-state index < -0.39 is 0 Å². The standard InChI is InChI=1S/C27H31N5O2/c1-5-18-12-19(6-8-24(18)27(33)31-20-15-32(4)16-20)25-13-22(10-11-30-25)34-21-7-9-23(17(2)28)26(14-21)29-3/h6-14,20,28-29H,5,15-16H2,1-4H3,(H,31,33). The Kier molecular flexibility index (Phi) is 6.93. The molecule has 0 aliphatic carbocycles. The molecular formula is C27H31N5O2. The molecule has 2 aromatic carbocycles. The van der Waals surface area contributed by atoms with Gasteiger partial charge in [0.25, 0.3) is 5.91 Å². The summed E-state index contributed by atoms with van der Waals surface area (Å²) in [4.78, 5) is 19.5. The van der Waals surface area contributed by atoms with E-state index in [-0.39, 0.29) is 11.9 Å². The number of ether oxygens (including phenoxy) is 1. The lowest BCUT2D eigenvalue weighted by molar-refractivity contribution is 0.0857. The first-order chi connectivity index (χ1) is 16.4. The lowest BCUT2D eigenvalue weighted by Gasteiger charge is -2.36. The van der Waals surface area contributed by atoms with E-state index in [1.54, 1.807) is 13.1 Å². The Morgan fingerprint density at radius 1 is 1.12 bits per heavy atom. The van der Waals surface area contributed by atoms with E-state index in [1.165, 1.54) is 0 Å². The molecule has 7 nitrogen and oxygen atoms in total. The molecule has 3 aromatic rings. The van der Waals surface area contributed by atoms with Crippen LogP contribution >= 0.6 is 0 Å². The van der Waals surface area contributed by atoms with Gasteiger partial charge >= 0.3 is 0 Å². The summed E-state index contributed by atoms with van der Waals surface area (Å²) in [7, 11) is 3.88. The monoisotopic (exact) mass is 457 g/mol. The first kappa shape index (κ1) is 23.4. The first-order valence-electron chi connectivity index (χ1n) is 11.5. The molecule has 7 heteroatoms. The van der Waals surface area contributed by atoms with Crippen molar-refractivity contribution >= 4 is 17.3 Å². The number of likely N-dealkylation sites (tertiary alicyclic amines) is 1. The SMILES string of the molecule is CCc1cc(-c2cc(Oc3ccc(C(C)=N)c(NC)c3)ccn2)ccc1C(=O)NC1CN(C)C1. The Morgan fingerprint density at radius 2 is 1.85 bits per heavy atom. The van der Waals surface area contributed by atoms with Crippen LogP contribution in [0.4, 0.5) is 5.69 Å². The van der Waals surface area contributed by atoms with Crippen molar-refractivity contribution < 1.29 is 9.53 Å². The third kappa shape index (κ3) is 5.10. The van der Waals surface area contributed by atoms with Crippen LogP contribution in [0, 0.1) is 5.41 Å².